The van der Waals surface area contributed by atoms with E-state index in [0.717, 1.165) is 31.7 Å². The van der Waals surface area contributed by atoms with Crippen molar-refractivity contribution in [2.75, 3.05) is 5.01 Å². The number of nitrogens with one attached hydrogen (secondary N) is 1. The van der Waals surface area contributed by atoms with Gasteiger partial charge in [0.25, 0.3) is 5.91 Å². The van der Waals surface area contributed by atoms with Crippen molar-refractivity contribution in [2.24, 2.45) is 0 Å². The lowest BCUT2D eigenvalue weighted by molar-refractivity contribution is 0.0959. The topological polar surface area (TPSA) is 78.4 Å². The van der Waals surface area contributed by atoms with Gasteiger partial charge in [-0.2, -0.15) is 0 Å². The molecule has 1 aromatic heterocycles. The summed E-state index contributed by atoms with van der Waals surface area (Å²) in [5.41, 5.74) is 3.36. The van der Waals surface area contributed by atoms with E-state index < -0.39 is 11.7 Å². The molecule has 7 heteroatoms. The van der Waals surface area contributed by atoms with E-state index in [9.17, 15) is 14.3 Å². The lowest BCUT2D eigenvalue weighted by Crippen LogP contribution is -2.49. The lowest BCUT2D eigenvalue weighted by atomic mass is 9.96. The Labute approximate surface area is 139 Å². The zero-order valence-electron chi connectivity index (χ0n) is 13.2. The maximum absolute atomic E-state index is 14.3. The van der Waals surface area contributed by atoms with Gasteiger partial charge < -0.3 is 5.11 Å². The number of aromatic hydroxyl groups is 1. The van der Waals surface area contributed by atoms with Gasteiger partial charge in [-0.05, 0) is 31.0 Å². The summed E-state index contributed by atoms with van der Waals surface area (Å²) in [4.78, 5) is 20.5. The highest BCUT2D eigenvalue weighted by atomic mass is 19.1. The van der Waals surface area contributed by atoms with Crippen LogP contribution in [0.15, 0.2) is 36.8 Å². The highest BCUT2D eigenvalue weighted by Gasteiger charge is 2.25. The van der Waals surface area contributed by atoms with E-state index in [1.54, 1.807) is 0 Å². The van der Waals surface area contributed by atoms with Crippen molar-refractivity contribution in [1.29, 1.82) is 0 Å². The van der Waals surface area contributed by atoms with Crippen LogP contribution < -0.4 is 10.4 Å². The third kappa shape index (κ3) is 3.68. The van der Waals surface area contributed by atoms with E-state index in [0.29, 0.717) is 0 Å². The highest BCUT2D eigenvalue weighted by molar-refractivity contribution is 6.04. The van der Waals surface area contributed by atoms with Crippen LogP contribution in [0.3, 0.4) is 0 Å². The first kappa shape index (κ1) is 16.3. The van der Waals surface area contributed by atoms with Crippen molar-refractivity contribution in [3.8, 4) is 5.75 Å². The number of hydrogen-bond acceptors (Lipinski definition) is 5. The molecule has 0 unspecified atom stereocenters. The summed E-state index contributed by atoms with van der Waals surface area (Å²) in [6, 6.07) is 5.28. The second-order valence-electron chi connectivity index (χ2n) is 5.83. The van der Waals surface area contributed by atoms with Crippen LogP contribution in [0, 0.1) is 5.82 Å². The molecule has 0 atom stereocenters. The van der Waals surface area contributed by atoms with E-state index in [1.807, 2.05) is 0 Å². The van der Waals surface area contributed by atoms with Crippen LogP contribution >= 0.6 is 0 Å². The molecule has 0 aliphatic heterocycles. The van der Waals surface area contributed by atoms with Crippen LogP contribution in [0.5, 0.6) is 5.75 Å². The van der Waals surface area contributed by atoms with Crippen molar-refractivity contribution in [3.05, 3.63) is 48.3 Å². The van der Waals surface area contributed by atoms with E-state index in [-0.39, 0.29) is 23.2 Å². The maximum Gasteiger partial charge on any atom is 0.291 e. The van der Waals surface area contributed by atoms with Gasteiger partial charge in [0, 0.05) is 18.3 Å². The Balaban J connectivity index is 1.92. The van der Waals surface area contributed by atoms with Gasteiger partial charge in [0.15, 0.2) is 5.82 Å². The van der Waals surface area contributed by atoms with Crippen molar-refractivity contribution in [3.63, 3.8) is 0 Å². The zero-order valence-corrected chi connectivity index (χ0v) is 13.2. The molecule has 2 aromatic rings. The molecule has 1 aliphatic carbocycles. The molecule has 2 N–H and O–H groups in total. The molecule has 0 spiro atoms. The fraction of sp³-hybridized carbons (Fsp3) is 0.353. The number of nitrogens with zero attached hydrogens (tertiary/aromatic N) is 3. The second-order valence-corrected chi connectivity index (χ2v) is 5.83. The Kier molecular flexibility index (Phi) is 5.00. The Morgan fingerprint density at radius 2 is 2.04 bits per heavy atom. The number of hydrogen-bond donors (Lipinski definition) is 2. The van der Waals surface area contributed by atoms with Gasteiger partial charge in [-0.15, -0.1) is 0 Å². The summed E-state index contributed by atoms with van der Waals surface area (Å²) < 4.78 is 14.3. The minimum atomic E-state index is -0.680. The molecule has 1 amide bonds. The van der Waals surface area contributed by atoms with E-state index >= 15 is 0 Å². The SMILES string of the molecule is O=C(c1ccncn1)N(NC1CCCCC1)c1ccc(O)cc1F. The van der Waals surface area contributed by atoms with Gasteiger partial charge in [0.05, 0.1) is 5.69 Å². The average Bonchev–Trinajstić information content (AvgIpc) is 2.61. The summed E-state index contributed by atoms with van der Waals surface area (Å²) >= 11 is 0. The van der Waals surface area contributed by atoms with E-state index in [1.165, 1.54) is 42.2 Å². The first-order valence-corrected chi connectivity index (χ1v) is 8.00. The fourth-order valence-corrected chi connectivity index (χ4v) is 2.86. The summed E-state index contributed by atoms with van der Waals surface area (Å²) in [6.45, 7) is 0. The molecule has 0 saturated heterocycles. The summed E-state index contributed by atoms with van der Waals surface area (Å²) in [7, 11) is 0. The minimum absolute atomic E-state index is 0.0574. The van der Waals surface area contributed by atoms with Crippen LogP contribution in [0.25, 0.3) is 0 Å². The van der Waals surface area contributed by atoms with Gasteiger partial charge in [-0.3, -0.25) is 4.79 Å². The van der Waals surface area contributed by atoms with E-state index in [4.69, 9.17) is 0 Å². The molecule has 0 radical (unpaired) electrons. The molecule has 126 valence electrons. The number of rotatable bonds is 4. The predicted molar refractivity (Wildman–Crippen MR) is 86.9 cm³/mol. The van der Waals surface area contributed by atoms with Gasteiger partial charge in [0.1, 0.15) is 17.8 Å². The number of benzene rings is 1. The number of carbonyl (C=O) groups is 1. The number of anilines is 1. The van der Waals surface area contributed by atoms with Crippen LogP contribution in [0.4, 0.5) is 10.1 Å². The van der Waals surface area contributed by atoms with Crippen molar-refractivity contribution >= 4 is 11.6 Å². The van der Waals surface area contributed by atoms with Crippen molar-refractivity contribution in [1.82, 2.24) is 15.4 Å². The Morgan fingerprint density at radius 3 is 2.71 bits per heavy atom. The standard InChI is InChI=1S/C17H19FN4O2/c18-14-10-13(23)6-7-16(14)22(21-12-4-2-1-3-5-12)17(24)15-8-9-19-11-20-15/h6-12,21,23H,1-5H2. The molecule has 1 heterocycles. The number of phenols is 1. The largest absolute Gasteiger partial charge is 0.508 e. The van der Waals surface area contributed by atoms with Gasteiger partial charge in [-0.1, -0.05) is 19.3 Å². The number of aromatic nitrogens is 2. The van der Waals surface area contributed by atoms with Crippen LogP contribution in [0.2, 0.25) is 0 Å². The minimum Gasteiger partial charge on any atom is -0.508 e. The number of carbonyl (C=O) groups excluding carboxylic acids is 1. The quantitative estimate of drug-likeness (QED) is 0.843. The maximum atomic E-state index is 14.3. The zero-order chi connectivity index (χ0) is 16.9. The fourth-order valence-electron chi connectivity index (χ4n) is 2.86. The van der Waals surface area contributed by atoms with Crippen molar-refractivity contribution in [2.45, 2.75) is 38.1 Å². The molecular formula is C17H19FN4O2. The van der Waals surface area contributed by atoms with Gasteiger partial charge in [0.2, 0.25) is 0 Å². The van der Waals surface area contributed by atoms with Gasteiger partial charge in [-0.25, -0.2) is 24.8 Å². The Hall–Kier alpha value is -2.54. The highest BCUT2D eigenvalue weighted by Crippen LogP contribution is 2.25. The Bertz CT molecular complexity index is 705. The monoisotopic (exact) mass is 330 g/mol. The first-order chi connectivity index (χ1) is 11.6. The molecule has 3 rings (SSSR count). The number of amides is 1. The second kappa shape index (κ2) is 7.35. The number of phenolic OH excluding ortho intramolecular Hbond substituents is 1. The molecule has 1 fully saturated rings. The molecule has 0 bridgehead atoms. The predicted octanol–water partition coefficient (Wildman–Crippen LogP) is 2.81. The molecule has 24 heavy (non-hydrogen) atoms. The number of hydrazine groups is 1. The first-order valence-electron chi connectivity index (χ1n) is 8.00. The molecular weight excluding hydrogens is 311 g/mol. The third-order valence-electron chi connectivity index (χ3n) is 4.09. The normalized spacial score (nSPS) is 15.2. The summed E-state index contributed by atoms with van der Waals surface area (Å²) in [6.07, 6.45) is 7.91. The number of halogens is 1. The Morgan fingerprint density at radius 1 is 1.25 bits per heavy atom. The van der Waals surface area contributed by atoms with Crippen molar-refractivity contribution < 1.29 is 14.3 Å². The summed E-state index contributed by atoms with van der Waals surface area (Å²) in [5.74, 6) is -1.34. The molecule has 1 saturated carbocycles. The lowest BCUT2D eigenvalue weighted by Gasteiger charge is -2.31. The third-order valence-corrected chi connectivity index (χ3v) is 4.09. The smallest absolute Gasteiger partial charge is 0.291 e. The van der Waals surface area contributed by atoms with E-state index in [2.05, 4.69) is 15.4 Å². The van der Waals surface area contributed by atoms with Gasteiger partial charge >= 0.3 is 0 Å². The molecule has 1 aliphatic rings. The van der Waals surface area contributed by atoms with Crippen LogP contribution in [0.1, 0.15) is 42.6 Å². The summed E-state index contributed by atoms with van der Waals surface area (Å²) in [5, 5.41) is 10.6. The molecule has 6 nitrogen and oxygen atoms in total. The molecule has 1 aromatic carbocycles. The van der Waals surface area contributed by atoms with Crippen LogP contribution in [-0.2, 0) is 0 Å². The average molecular weight is 330 g/mol. The van der Waals surface area contributed by atoms with Crippen LogP contribution in [-0.4, -0.2) is 27.0 Å².